The molecule has 0 saturated carbocycles. The van der Waals surface area contributed by atoms with E-state index in [-0.39, 0.29) is 0 Å². The third-order valence-electron chi connectivity index (χ3n) is 5.27. The van der Waals surface area contributed by atoms with Crippen LogP contribution in [0.25, 0.3) is 0 Å². The van der Waals surface area contributed by atoms with Crippen LogP contribution in [0.15, 0.2) is 36.1 Å². The number of nitrogens with zero attached hydrogens (tertiary/aromatic N) is 2. The van der Waals surface area contributed by atoms with Gasteiger partial charge >= 0.3 is 17.9 Å². The lowest BCUT2D eigenvalue weighted by atomic mass is 10.1. The second-order valence-corrected chi connectivity index (χ2v) is 7.81. The molecule has 0 amide bonds. The van der Waals surface area contributed by atoms with Gasteiger partial charge in [0.15, 0.2) is 6.10 Å². The zero-order valence-electron chi connectivity index (χ0n) is 19.3. The summed E-state index contributed by atoms with van der Waals surface area (Å²) < 4.78 is 27.1. The topological polar surface area (TPSA) is 104 Å². The lowest BCUT2D eigenvalue weighted by molar-refractivity contribution is -0.222. The Balaban J connectivity index is 1.70. The lowest BCUT2D eigenvalue weighted by Gasteiger charge is -2.39. The van der Waals surface area contributed by atoms with E-state index in [0.717, 1.165) is 37.6 Å². The second kappa shape index (κ2) is 11.0. The number of esters is 3. The van der Waals surface area contributed by atoms with E-state index in [4.69, 9.17) is 23.7 Å². The number of ether oxygens (including phenoxy) is 5. The summed E-state index contributed by atoms with van der Waals surface area (Å²) in [6, 6.07) is 7.89. The summed E-state index contributed by atoms with van der Waals surface area (Å²) in [5.74, 6) is -0.467. The van der Waals surface area contributed by atoms with Gasteiger partial charge in [0, 0.05) is 47.0 Å². The molecule has 1 saturated heterocycles. The van der Waals surface area contributed by atoms with Gasteiger partial charge in [-0.2, -0.15) is 0 Å². The molecule has 33 heavy (non-hydrogen) atoms. The van der Waals surface area contributed by atoms with Gasteiger partial charge in [-0.05, 0) is 18.2 Å². The fraction of sp³-hybridized carbons (Fsp3) is 0.522. The van der Waals surface area contributed by atoms with Crippen molar-refractivity contribution < 1.29 is 38.1 Å². The van der Waals surface area contributed by atoms with Gasteiger partial charge in [0.05, 0.1) is 19.3 Å². The summed E-state index contributed by atoms with van der Waals surface area (Å²) in [5.41, 5.74) is 1.04. The Morgan fingerprint density at radius 2 is 1.58 bits per heavy atom. The molecule has 0 unspecified atom stereocenters. The second-order valence-electron chi connectivity index (χ2n) is 7.81. The molecule has 1 fully saturated rings. The van der Waals surface area contributed by atoms with Gasteiger partial charge in [-0.25, -0.2) is 0 Å². The molecule has 2 aliphatic rings. The molecule has 10 heteroatoms. The Hall–Kier alpha value is -3.27. The highest BCUT2D eigenvalue weighted by atomic mass is 16.7. The first kappa shape index (κ1) is 24.4. The number of anilines is 1. The van der Waals surface area contributed by atoms with E-state index in [1.54, 1.807) is 13.2 Å². The van der Waals surface area contributed by atoms with Crippen LogP contribution in [0.4, 0.5) is 5.69 Å². The quantitative estimate of drug-likeness (QED) is 0.437. The highest BCUT2D eigenvalue weighted by Gasteiger charge is 2.42. The number of methoxy groups -OCH3 is 1. The van der Waals surface area contributed by atoms with Gasteiger partial charge in [0.1, 0.15) is 11.5 Å². The normalized spacial score (nSPS) is 23.1. The minimum absolute atomic E-state index is 0.419. The van der Waals surface area contributed by atoms with E-state index in [1.807, 2.05) is 24.3 Å². The molecule has 0 spiro atoms. The highest BCUT2D eigenvalue weighted by molar-refractivity contribution is 5.68. The third kappa shape index (κ3) is 6.61. The van der Waals surface area contributed by atoms with Gasteiger partial charge in [-0.3, -0.25) is 19.3 Å². The average Bonchev–Trinajstić information content (AvgIpc) is 2.75. The van der Waals surface area contributed by atoms with Crippen molar-refractivity contribution in [1.82, 2.24) is 4.90 Å². The number of rotatable bonds is 7. The maximum Gasteiger partial charge on any atom is 0.305 e. The summed E-state index contributed by atoms with van der Waals surface area (Å²) in [4.78, 5) is 39.2. The zero-order valence-corrected chi connectivity index (χ0v) is 19.3. The number of carbonyl (C=O) groups excluding carboxylic acids is 3. The molecular formula is C23H30N2O8. The number of para-hydroxylation sites is 2. The van der Waals surface area contributed by atoms with Gasteiger partial charge in [-0.1, -0.05) is 12.1 Å². The van der Waals surface area contributed by atoms with E-state index in [9.17, 15) is 14.4 Å². The van der Waals surface area contributed by atoms with Crippen LogP contribution in [0.2, 0.25) is 0 Å². The van der Waals surface area contributed by atoms with E-state index < -0.39 is 36.4 Å². The van der Waals surface area contributed by atoms with E-state index >= 15 is 0 Å². The molecule has 0 radical (unpaired) electrons. The Kier molecular flexibility index (Phi) is 8.16. The molecule has 0 N–H and O–H groups in total. The van der Waals surface area contributed by atoms with Crippen molar-refractivity contribution in [3.8, 4) is 5.75 Å². The molecule has 3 rings (SSSR count). The van der Waals surface area contributed by atoms with Crippen LogP contribution in [-0.2, 0) is 33.3 Å². The standard InChI is InChI=1S/C23H30N2O8/c1-15(26)30-21-13-18(33-23(32-17(3)28)22(21)31-16(2)27)14-24-9-11-25(12-10-24)19-7-5-6-8-20(19)29-4/h5-8,13,21-23H,9-12,14H2,1-4H3/t21-,22+,23+/m0/s1. The minimum Gasteiger partial charge on any atom is -0.495 e. The summed E-state index contributed by atoms with van der Waals surface area (Å²) in [6.07, 6.45) is -1.65. The number of hydrogen-bond donors (Lipinski definition) is 0. The molecule has 2 aliphatic heterocycles. The molecular weight excluding hydrogens is 432 g/mol. The molecule has 1 aromatic carbocycles. The van der Waals surface area contributed by atoms with Crippen molar-refractivity contribution in [2.45, 2.75) is 39.3 Å². The van der Waals surface area contributed by atoms with Gasteiger partial charge in [0.2, 0.25) is 6.10 Å². The zero-order chi connectivity index (χ0) is 24.0. The van der Waals surface area contributed by atoms with E-state index in [1.165, 1.54) is 20.8 Å². The van der Waals surface area contributed by atoms with Gasteiger partial charge < -0.3 is 28.6 Å². The molecule has 10 nitrogen and oxygen atoms in total. The summed E-state index contributed by atoms with van der Waals surface area (Å²) >= 11 is 0. The molecule has 0 aromatic heterocycles. The number of benzene rings is 1. The number of carbonyl (C=O) groups is 3. The molecule has 0 bridgehead atoms. The van der Waals surface area contributed by atoms with Crippen molar-refractivity contribution in [3.63, 3.8) is 0 Å². The molecule has 2 heterocycles. The lowest BCUT2D eigenvalue weighted by Crippen LogP contribution is -2.51. The van der Waals surface area contributed by atoms with Crippen LogP contribution in [-0.4, -0.2) is 81.1 Å². The Morgan fingerprint density at radius 3 is 2.18 bits per heavy atom. The summed E-state index contributed by atoms with van der Waals surface area (Å²) in [6.45, 7) is 7.19. The molecule has 180 valence electrons. The van der Waals surface area contributed by atoms with E-state index in [0.29, 0.717) is 12.3 Å². The Morgan fingerprint density at radius 1 is 0.939 bits per heavy atom. The average molecular weight is 462 g/mol. The Labute approximate surface area is 193 Å². The first-order valence-corrected chi connectivity index (χ1v) is 10.8. The number of hydrogen-bond acceptors (Lipinski definition) is 10. The predicted octanol–water partition coefficient (Wildman–Crippen LogP) is 1.48. The highest BCUT2D eigenvalue weighted by Crippen LogP contribution is 2.29. The largest absolute Gasteiger partial charge is 0.495 e. The molecule has 3 atom stereocenters. The SMILES string of the molecule is COc1ccccc1N1CCN(CC2=C[C@H](OC(C)=O)[C@@H](OC(C)=O)[C@H](OC(C)=O)O2)CC1. The van der Waals surface area contributed by atoms with Crippen molar-refractivity contribution in [2.24, 2.45) is 0 Å². The summed E-state index contributed by atoms with van der Waals surface area (Å²) in [7, 11) is 1.66. The van der Waals surface area contributed by atoms with Crippen LogP contribution in [0.1, 0.15) is 20.8 Å². The van der Waals surface area contributed by atoms with Gasteiger partial charge in [0.25, 0.3) is 6.29 Å². The Bertz CT molecular complexity index is 894. The first-order chi connectivity index (χ1) is 15.8. The molecule has 1 aromatic rings. The summed E-state index contributed by atoms with van der Waals surface area (Å²) in [5, 5.41) is 0. The van der Waals surface area contributed by atoms with Crippen molar-refractivity contribution in [3.05, 3.63) is 36.1 Å². The van der Waals surface area contributed by atoms with Crippen molar-refractivity contribution in [2.75, 3.05) is 44.7 Å². The molecule has 0 aliphatic carbocycles. The van der Waals surface area contributed by atoms with E-state index in [2.05, 4.69) is 9.80 Å². The fourth-order valence-corrected chi connectivity index (χ4v) is 3.90. The van der Waals surface area contributed by atoms with Crippen LogP contribution >= 0.6 is 0 Å². The van der Waals surface area contributed by atoms with Crippen molar-refractivity contribution in [1.29, 1.82) is 0 Å². The fourth-order valence-electron chi connectivity index (χ4n) is 3.90. The van der Waals surface area contributed by atoms with Crippen molar-refractivity contribution >= 4 is 23.6 Å². The maximum absolute atomic E-state index is 11.6. The van der Waals surface area contributed by atoms with Gasteiger partial charge in [-0.15, -0.1) is 0 Å². The van der Waals surface area contributed by atoms with Crippen LogP contribution in [0.5, 0.6) is 5.75 Å². The minimum atomic E-state index is -1.22. The first-order valence-electron chi connectivity index (χ1n) is 10.8. The monoisotopic (exact) mass is 462 g/mol. The van der Waals surface area contributed by atoms with Crippen LogP contribution in [0.3, 0.4) is 0 Å². The smallest absolute Gasteiger partial charge is 0.305 e. The van der Waals surface area contributed by atoms with Crippen LogP contribution in [0, 0.1) is 0 Å². The number of piperazine rings is 1. The maximum atomic E-state index is 11.6. The third-order valence-corrected chi connectivity index (χ3v) is 5.27. The predicted molar refractivity (Wildman–Crippen MR) is 117 cm³/mol. The van der Waals surface area contributed by atoms with Crippen LogP contribution < -0.4 is 9.64 Å².